The highest BCUT2D eigenvalue weighted by molar-refractivity contribution is 9.10. The van der Waals surface area contributed by atoms with Gasteiger partial charge in [0.05, 0.1) is 4.47 Å². The molecule has 0 bridgehead atoms. The van der Waals surface area contributed by atoms with Crippen molar-refractivity contribution in [2.24, 2.45) is 0 Å². The van der Waals surface area contributed by atoms with E-state index in [0.717, 1.165) is 6.07 Å². The van der Waals surface area contributed by atoms with E-state index in [4.69, 9.17) is 0 Å². The van der Waals surface area contributed by atoms with Crippen LogP contribution in [0.25, 0.3) is 0 Å². The zero-order valence-corrected chi connectivity index (χ0v) is 11.2. The Bertz CT molecular complexity index is 641. The zero-order chi connectivity index (χ0) is 14.0. The number of hydrogen-bond donors (Lipinski definition) is 0. The second-order valence-corrected chi connectivity index (χ2v) is 4.71. The Hall–Kier alpha value is -1.62. The molecule has 0 amide bonds. The third-order valence-electron chi connectivity index (χ3n) is 2.64. The fourth-order valence-corrected chi connectivity index (χ4v) is 2.19. The summed E-state index contributed by atoms with van der Waals surface area (Å²) in [6.45, 7) is 0. The van der Waals surface area contributed by atoms with E-state index in [1.54, 1.807) is 6.07 Å². The highest BCUT2D eigenvalue weighted by Gasteiger charge is 2.17. The quantitative estimate of drug-likeness (QED) is 0.606. The average Bonchev–Trinajstić information content (AvgIpc) is 2.39. The fourth-order valence-electron chi connectivity index (χ4n) is 1.65. The topological polar surface area (TPSA) is 17.1 Å². The molecule has 0 saturated heterocycles. The number of Topliss-reactive ketones (excluding diaryl/α,β-unsaturated/α-hetero) is 1. The average molecular weight is 329 g/mol. The van der Waals surface area contributed by atoms with Gasteiger partial charge in [0.15, 0.2) is 17.4 Å². The first-order chi connectivity index (χ1) is 9.00. The van der Waals surface area contributed by atoms with Gasteiger partial charge in [-0.3, -0.25) is 4.79 Å². The van der Waals surface area contributed by atoms with Crippen LogP contribution in [-0.2, 0) is 6.42 Å². The minimum Gasteiger partial charge on any atom is -0.294 e. The first-order valence-electron chi connectivity index (χ1n) is 5.41. The minimum atomic E-state index is -1.13. The van der Waals surface area contributed by atoms with Crippen LogP contribution in [0.15, 0.2) is 40.9 Å². The van der Waals surface area contributed by atoms with Gasteiger partial charge in [-0.05, 0) is 39.7 Å². The standard InChI is InChI=1S/C14H8BrF3O/c15-13-9(5-6-11(17)14(13)18)12(19)7-8-3-1-2-4-10(8)16/h1-6H,7H2. The third-order valence-corrected chi connectivity index (χ3v) is 3.42. The molecule has 5 heteroatoms. The van der Waals surface area contributed by atoms with Crippen molar-refractivity contribution in [3.8, 4) is 0 Å². The summed E-state index contributed by atoms with van der Waals surface area (Å²) in [6, 6.07) is 7.87. The summed E-state index contributed by atoms with van der Waals surface area (Å²) in [5.74, 6) is -3.17. The Balaban J connectivity index is 2.31. The lowest BCUT2D eigenvalue weighted by atomic mass is 10.0. The molecule has 19 heavy (non-hydrogen) atoms. The van der Waals surface area contributed by atoms with Gasteiger partial charge in [-0.25, -0.2) is 13.2 Å². The fraction of sp³-hybridized carbons (Fsp3) is 0.0714. The predicted octanol–water partition coefficient (Wildman–Crippen LogP) is 4.29. The summed E-state index contributed by atoms with van der Waals surface area (Å²) in [4.78, 5) is 12.0. The highest BCUT2D eigenvalue weighted by atomic mass is 79.9. The van der Waals surface area contributed by atoms with Crippen molar-refractivity contribution < 1.29 is 18.0 Å². The van der Waals surface area contributed by atoms with Gasteiger partial charge in [-0.2, -0.15) is 0 Å². The normalized spacial score (nSPS) is 10.5. The van der Waals surface area contributed by atoms with Gasteiger partial charge >= 0.3 is 0 Å². The molecule has 0 unspecified atom stereocenters. The SMILES string of the molecule is O=C(Cc1ccccc1F)c1ccc(F)c(F)c1Br. The maximum absolute atomic E-state index is 13.4. The molecule has 0 saturated carbocycles. The van der Waals surface area contributed by atoms with E-state index in [1.165, 1.54) is 24.3 Å². The van der Waals surface area contributed by atoms with Crippen molar-refractivity contribution in [1.29, 1.82) is 0 Å². The molecular formula is C14H8BrF3O. The van der Waals surface area contributed by atoms with Gasteiger partial charge in [-0.15, -0.1) is 0 Å². The molecule has 0 fully saturated rings. The molecule has 0 aliphatic carbocycles. The second-order valence-electron chi connectivity index (χ2n) is 3.91. The van der Waals surface area contributed by atoms with Crippen LogP contribution in [-0.4, -0.2) is 5.78 Å². The molecule has 0 aromatic heterocycles. The largest absolute Gasteiger partial charge is 0.294 e. The number of carbonyl (C=O) groups is 1. The molecule has 0 spiro atoms. The molecule has 2 aromatic rings. The van der Waals surface area contributed by atoms with Crippen LogP contribution in [0.2, 0.25) is 0 Å². The number of benzene rings is 2. The number of carbonyl (C=O) groups excluding carboxylic acids is 1. The Kier molecular flexibility index (Phi) is 4.04. The van der Waals surface area contributed by atoms with Crippen molar-refractivity contribution in [1.82, 2.24) is 0 Å². The predicted molar refractivity (Wildman–Crippen MR) is 68.5 cm³/mol. The minimum absolute atomic E-state index is 0.0119. The third kappa shape index (κ3) is 2.87. The molecule has 1 nitrogen and oxygen atoms in total. The van der Waals surface area contributed by atoms with Gasteiger partial charge in [0.1, 0.15) is 5.82 Å². The second kappa shape index (κ2) is 5.57. The molecular weight excluding hydrogens is 321 g/mol. The smallest absolute Gasteiger partial charge is 0.173 e. The van der Waals surface area contributed by atoms with Crippen molar-refractivity contribution in [3.05, 3.63) is 69.4 Å². The molecule has 98 valence electrons. The first kappa shape index (κ1) is 13.8. The van der Waals surface area contributed by atoms with E-state index in [0.29, 0.717) is 0 Å². The van der Waals surface area contributed by atoms with Crippen LogP contribution in [0.1, 0.15) is 15.9 Å². The molecule has 0 aliphatic heterocycles. The van der Waals surface area contributed by atoms with E-state index in [-0.39, 0.29) is 22.0 Å². The molecule has 0 atom stereocenters. The number of halogens is 4. The Morgan fingerprint density at radius 2 is 1.68 bits per heavy atom. The number of ketones is 1. The number of hydrogen-bond acceptors (Lipinski definition) is 1. The van der Waals surface area contributed by atoms with E-state index in [1.807, 2.05) is 0 Å². The Morgan fingerprint density at radius 1 is 1.00 bits per heavy atom. The van der Waals surface area contributed by atoms with Gasteiger partial charge < -0.3 is 0 Å². The summed E-state index contributed by atoms with van der Waals surface area (Å²) in [5, 5.41) is 0. The van der Waals surface area contributed by atoms with Gasteiger partial charge in [0, 0.05) is 12.0 Å². The lowest BCUT2D eigenvalue weighted by Gasteiger charge is -2.06. The maximum atomic E-state index is 13.4. The summed E-state index contributed by atoms with van der Waals surface area (Å²) >= 11 is 2.83. The van der Waals surface area contributed by atoms with Crippen LogP contribution < -0.4 is 0 Å². The van der Waals surface area contributed by atoms with Crippen molar-refractivity contribution >= 4 is 21.7 Å². The molecule has 0 aliphatic rings. The van der Waals surface area contributed by atoms with E-state index >= 15 is 0 Å². The molecule has 2 aromatic carbocycles. The van der Waals surface area contributed by atoms with E-state index in [2.05, 4.69) is 15.9 Å². The lowest BCUT2D eigenvalue weighted by molar-refractivity contribution is 0.0990. The number of rotatable bonds is 3. The van der Waals surface area contributed by atoms with Gasteiger partial charge in [0.2, 0.25) is 0 Å². The summed E-state index contributed by atoms with van der Waals surface area (Å²) < 4.78 is 39.4. The van der Waals surface area contributed by atoms with Crippen molar-refractivity contribution in [2.45, 2.75) is 6.42 Å². The monoisotopic (exact) mass is 328 g/mol. The van der Waals surface area contributed by atoms with Gasteiger partial charge in [0.25, 0.3) is 0 Å². The van der Waals surface area contributed by atoms with E-state index in [9.17, 15) is 18.0 Å². The zero-order valence-electron chi connectivity index (χ0n) is 9.59. The first-order valence-corrected chi connectivity index (χ1v) is 6.20. The molecule has 0 heterocycles. The lowest BCUT2D eigenvalue weighted by Crippen LogP contribution is -2.07. The van der Waals surface area contributed by atoms with E-state index < -0.39 is 23.2 Å². The molecule has 0 N–H and O–H groups in total. The molecule has 0 radical (unpaired) electrons. The summed E-state index contributed by atoms with van der Waals surface area (Å²) in [7, 11) is 0. The highest BCUT2D eigenvalue weighted by Crippen LogP contribution is 2.24. The van der Waals surface area contributed by atoms with Gasteiger partial charge in [-0.1, -0.05) is 18.2 Å². The van der Waals surface area contributed by atoms with Crippen LogP contribution in [0.4, 0.5) is 13.2 Å². The van der Waals surface area contributed by atoms with Crippen LogP contribution >= 0.6 is 15.9 Å². The Morgan fingerprint density at radius 3 is 2.37 bits per heavy atom. The van der Waals surface area contributed by atoms with Crippen molar-refractivity contribution in [2.75, 3.05) is 0 Å². The van der Waals surface area contributed by atoms with Crippen LogP contribution in [0.3, 0.4) is 0 Å². The Labute approximate surface area is 116 Å². The summed E-state index contributed by atoms with van der Waals surface area (Å²) in [5.41, 5.74) is 0.200. The van der Waals surface area contributed by atoms with Crippen molar-refractivity contribution in [3.63, 3.8) is 0 Å². The van der Waals surface area contributed by atoms with Crippen LogP contribution in [0, 0.1) is 17.5 Å². The van der Waals surface area contributed by atoms with Crippen LogP contribution in [0.5, 0.6) is 0 Å². The summed E-state index contributed by atoms with van der Waals surface area (Å²) in [6.07, 6.45) is -0.212. The maximum Gasteiger partial charge on any atom is 0.173 e. The molecule has 2 rings (SSSR count).